The summed E-state index contributed by atoms with van der Waals surface area (Å²) in [4.78, 5) is 14.4. The van der Waals surface area contributed by atoms with Crippen molar-refractivity contribution < 1.29 is 0 Å². The largest absolute Gasteiger partial charge is 0.322 e. The molecule has 1 saturated carbocycles. The highest BCUT2D eigenvalue weighted by Crippen LogP contribution is 2.43. The molecule has 1 fully saturated rings. The van der Waals surface area contributed by atoms with Crippen LogP contribution in [0.1, 0.15) is 30.4 Å². The fourth-order valence-electron chi connectivity index (χ4n) is 2.61. The minimum Gasteiger partial charge on any atom is -0.322 e. The van der Waals surface area contributed by atoms with E-state index < -0.39 is 0 Å². The second-order valence-electron chi connectivity index (χ2n) is 5.13. The zero-order chi connectivity index (χ0) is 12.8. The molecule has 3 rings (SSSR count). The molecule has 0 radical (unpaired) electrons. The van der Waals surface area contributed by atoms with Crippen molar-refractivity contribution in [3.8, 4) is 6.07 Å². The van der Waals surface area contributed by atoms with Crippen LogP contribution in [0.4, 0.5) is 0 Å². The Bertz CT molecular complexity index is 717. The molecule has 1 aliphatic rings. The number of pyridine rings is 1. The van der Waals surface area contributed by atoms with E-state index in [1.165, 1.54) is 0 Å². The van der Waals surface area contributed by atoms with E-state index in [0.29, 0.717) is 5.56 Å². The number of aryl methyl sites for hydroxylation is 1. The number of nitrogens with one attached hydrogen (secondary N) is 1. The number of H-pyrrole nitrogens is 1. The minimum absolute atomic E-state index is 0.0473. The lowest BCUT2D eigenvalue weighted by Gasteiger charge is -2.35. The van der Waals surface area contributed by atoms with E-state index in [4.69, 9.17) is 0 Å². The maximum absolute atomic E-state index is 11.5. The third kappa shape index (κ3) is 1.46. The highest BCUT2D eigenvalue weighted by molar-refractivity contribution is 5.80. The summed E-state index contributed by atoms with van der Waals surface area (Å²) in [5.41, 5.74) is 2.28. The molecule has 1 heterocycles. The van der Waals surface area contributed by atoms with Crippen LogP contribution in [0.2, 0.25) is 0 Å². The maximum Gasteiger partial charge on any atom is 0.251 e. The van der Waals surface area contributed by atoms with Crippen molar-refractivity contribution in [2.24, 2.45) is 0 Å². The molecule has 0 saturated heterocycles. The maximum atomic E-state index is 11.5. The molecular weight excluding hydrogens is 224 g/mol. The van der Waals surface area contributed by atoms with Crippen LogP contribution >= 0.6 is 0 Å². The average Bonchev–Trinajstić information content (AvgIpc) is 2.30. The van der Waals surface area contributed by atoms with E-state index in [0.717, 1.165) is 35.7 Å². The topological polar surface area (TPSA) is 56.6 Å². The Labute approximate surface area is 105 Å². The molecule has 90 valence electrons. The molecule has 0 unspecified atom stereocenters. The van der Waals surface area contributed by atoms with Crippen molar-refractivity contribution >= 4 is 10.9 Å². The Balaban J connectivity index is 2.20. The molecular formula is C15H14N2O. The zero-order valence-electron chi connectivity index (χ0n) is 10.3. The molecule has 2 aromatic rings. The molecule has 18 heavy (non-hydrogen) atoms. The van der Waals surface area contributed by atoms with E-state index in [-0.39, 0.29) is 11.0 Å². The van der Waals surface area contributed by atoms with Gasteiger partial charge in [-0.3, -0.25) is 4.79 Å². The van der Waals surface area contributed by atoms with Gasteiger partial charge in [-0.05, 0) is 55.3 Å². The van der Waals surface area contributed by atoms with Crippen LogP contribution in [0.5, 0.6) is 0 Å². The summed E-state index contributed by atoms with van der Waals surface area (Å²) >= 11 is 0. The summed E-state index contributed by atoms with van der Waals surface area (Å²) < 4.78 is 0. The van der Waals surface area contributed by atoms with Crippen LogP contribution in [0.3, 0.4) is 0 Å². The molecule has 0 spiro atoms. The fraction of sp³-hybridized carbons (Fsp3) is 0.333. The van der Waals surface area contributed by atoms with E-state index in [1.807, 2.05) is 24.3 Å². The normalized spacial score (nSPS) is 17.1. The molecule has 1 aromatic carbocycles. The second kappa shape index (κ2) is 3.71. The first-order chi connectivity index (χ1) is 8.64. The van der Waals surface area contributed by atoms with Gasteiger partial charge in [-0.1, -0.05) is 6.07 Å². The molecule has 0 amide bonds. The lowest BCUT2D eigenvalue weighted by Crippen LogP contribution is -2.32. The smallest absolute Gasteiger partial charge is 0.251 e. The average molecular weight is 238 g/mol. The van der Waals surface area contributed by atoms with Gasteiger partial charge in [-0.25, -0.2) is 0 Å². The van der Waals surface area contributed by atoms with Crippen molar-refractivity contribution in [2.75, 3.05) is 0 Å². The van der Waals surface area contributed by atoms with Crippen molar-refractivity contribution in [3.63, 3.8) is 0 Å². The van der Waals surface area contributed by atoms with Crippen molar-refractivity contribution in [1.29, 1.82) is 5.26 Å². The Hall–Kier alpha value is -2.08. The summed E-state index contributed by atoms with van der Waals surface area (Å²) in [6.45, 7) is 1.80. The Morgan fingerprint density at radius 3 is 2.72 bits per heavy atom. The quantitative estimate of drug-likeness (QED) is 0.830. The first kappa shape index (κ1) is 11.0. The third-order valence-corrected chi connectivity index (χ3v) is 4.00. The number of benzene rings is 1. The molecule has 3 nitrogen and oxygen atoms in total. The monoisotopic (exact) mass is 238 g/mol. The first-order valence-electron chi connectivity index (χ1n) is 6.20. The van der Waals surface area contributed by atoms with Gasteiger partial charge in [0.1, 0.15) is 0 Å². The molecule has 0 aliphatic heterocycles. The molecule has 0 atom stereocenters. The van der Waals surface area contributed by atoms with Crippen LogP contribution in [-0.4, -0.2) is 4.98 Å². The van der Waals surface area contributed by atoms with Crippen molar-refractivity contribution in [1.82, 2.24) is 4.98 Å². The number of fused-ring (bicyclic) bond motifs is 1. The van der Waals surface area contributed by atoms with Gasteiger partial charge in [0.05, 0.1) is 11.5 Å². The highest BCUT2D eigenvalue weighted by atomic mass is 16.1. The number of nitrogens with zero attached hydrogens (tertiary/aromatic N) is 1. The molecule has 0 bridgehead atoms. The number of aromatic amines is 1. The lowest BCUT2D eigenvalue weighted by molar-refractivity contribution is 0.324. The number of hydrogen-bond acceptors (Lipinski definition) is 2. The third-order valence-electron chi connectivity index (χ3n) is 4.00. The summed E-state index contributed by atoms with van der Waals surface area (Å²) in [7, 11) is 0. The SMILES string of the molecule is Cc1cc2cc(C3(C#N)CCC3)ccc2[nH]c1=O. The van der Waals surface area contributed by atoms with E-state index in [9.17, 15) is 10.1 Å². The predicted octanol–water partition coefficient (Wildman–Crippen LogP) is 2.78. The highest BCUT2D eigenvalue weighted by Gasteiger charge is 2.38. The Morgan fingerprint density at radius 1 is 1.33 bits per heavy atom. The molecule has 1 N–H and O–H groups in total. The minimum atomic E-state index is -0.293. The summed E-state index contributed by atoms with van der Waals surface area (Å²) in [6, 6.07) is 10.3. The number of aromatic nitrogens is 1. The number of hydrogen-bond donors (Lipinski definition) is 1. The standard InChI is InChI=1S/C15H14N2O/c1-10-7-11-8-12(15(9-16)5-2-6-15)3-4-13(11)17-14(10)18/h3-4,7-8H,2,5-6H2,1H3,(H,17,18). The predicted molar refractivity (Wildman–Crippen MR) is 70.4 cm³/mol. The summed E-state index contributed by atoms with van der Waals surface area (Å²) in [5.74, 6) is 0. The number of rotatable bonds is 1. The summed E-state index contributed by atoms with van der Waals surface area (Å²) in [6.07, 6.45) is 3.00. The fourth-order valence-corrected chi connectivity index (χ4v) is 2.61. The van der Waals surface area contributed by atoms with Gasteiger partial charge in [-0.2, -0.15) is 5.26 Å². The first-order valence-corrected chi connectivity index (χ1v) is 6.20. The Kier molecular flexibility index (Phi) is 2.27. The van der Waals surface area contributed by atoms with Gasteiger partial charge in [-0.15, -0.1) is 0 Å². The molecule has 1 aromatic heterocycles. The van der Waals surface area contributed by atoms with Crippen LogP contribution in [0.15, 0.2) is 29.1 Å². The summed E-state index contributed by atoms with van der Waals surface area (Å²) in [5, 5.41) is 10.4. The van der Waals surface area contributed by atoms with Crippen molar-refractivity contribution in [3.05, 3.63) is 45.7 Å². The van der Waals surface area contributed by atoms with Gasteiger partial charge < -0.3 is 4.98 Å². The number of nitriles is 1. The van der Waals surface area contributed by atoms with Crippen LogP contribution < -0.4 is 5.56 Å². The van der Waals surface area contributed by atoms with Gasteiger partial charge in [0.15, 0.2) is 0 Å². The van der Waals surface area contributed by atoms with Gasteiger partial charge in [0.25, 0.3) is 5.56 Å². The lowest BCUT2D eigenvalue weighted by atomic mass is 9.65. The van der Waals surface area contributed by atoms with Gasteiger partial charge >= 0.3 is 0 Å². The zero-order valence-corrected chi connectivity index (χ0v) is 10.3. The van der Waals surface area contributed by atoms with E-state index >= 15 is 0 Å². The van der Waals surface area contributed by atoms with Gasteiger partial charge in [0, 0.05) is 11.1 Å². The van der Waals surface area contributed by atoms with E-state index in [2.05, 4.69) is 11.1 Å². The molecule has 3 heteroatoms. The van der Waals surface area contributed by atoms with Crippen LogP contribution in [-0.2, 0) is 5.41 Å². The van der Waals surface area contributed by atoms with Crippen molar-refractivity contribution in [2.45, 2.75) is 31.6 Å². The molecule has 1 aliphatic carbocycles. The van der Waals surface area contributed by atoms with E-state index in [1.54, 1.807) is 6.92 Å². The Morgan fingerprint density at radius 2 is 2.11 bits per heavy atom. The van der Waals surface area contributed by atoms with Crippen LogP contribution in [0.25, 0.3) is 10.9 Å². The van der Waals surface area contributed by atoms with Crippen LogP contribution in [0, 0.1) is 18.3 Å². The van der Waals surface area contributed by atoms with Gasteiger partial charge in [0.2, 0.25) is 0 Å². The second-order valence-corrected chi connectivity index (χ2v) is 5.13.